The molecule has 0 unspecified atom stereocenters. The standard InChI is InChI=1S/C18H24ClNO4/c1-18(2,3)14-11-12(19)5-6-15(14)24-13-7-9-20(10-8-13)16(21)17(22)23-4/h5-6,11,13H,7-10H2,1-4H3. The number of esters is 1. The first-order chi connectivity index (χ1) is 11.2. The molecule has 132 valence electrons. The van der Waals surface area contributed by atoms with Crippen molar-refractivity contribution in [2.45, 2.75) is 45.1 Å². The number of amides is 1. The predicted molar refractivity (Wildman–Crippen MR) is 92.4 cm³/mol. The second-order valence-corrected chi connectivity index (χ2v) is 7.43. The Bertz CT molecular complexity index is 616. The first-order valence-corrected chi connectivity index (χ1v) is 8.44. The number of nitrogens with zero attached hydrogens (tertiary/aromatic N) is 1. The Labute approximate surface area is 147 Å². The molecule has 0 saturated carbocycles. The first-order valence-electron chi connectivity index (χ1n) is 8.06. The van der Waals surface area contributed by atoms with E-state index in [9.17, 15) is 9.59 Å². The molecule has 0 atom stereocenters. The van der Waals surface area contributed by atoms with Crippen LogP contribution in [0.3, 0.4) is 0 Å². The fourth-order valence-corrected chi connectivity index (χ4v) is 2.94. The molecule has 1 fully saturated rings. The van der Waals surface area contributed by atoms with E-state index in [1.807, 2.05) is 18.2 Å². The first kappa shape index (κ1) is 18.6. The van der Waals surface area contributed by atoms with Crippen molar-refractivity contribution in [1.82, 2.24) is 4.90 Å². The molecule has 1 amide bonds. The minimum atomic E-state index is -0.818. The Morgan fingerprint density at radius 3 is 2.38 bits per heavy atom. The summed E-state index contributed by atoms with van der Waals surface area (Å²) in [4.78, 5) is 24.6. The van der Waals surface area contributed by atoms with Crippen LogP contribution in [0.15, 0.2) is 18.2 Å². The lowest BCUT2D eigenvalue weighted by atomic mass is 9.86. The van der Waals surface area contributed by atoms with E-state index in [2.05, 4.69) is 25.5 Å². The highest BCUT2D eigenvalue weighted by Crippen LogP contribution is 2.35. The third-order valence-corrected chi connectivity index (χ3v) is 4.37. The average molecular weight is 354 g/mol. The summed E-state index contributed by atoms with van der Waals surface area (Å²) in [5, 5.41) is 0.686. The van der Waals surface area contributed by atoms with Gasteiger partial charge in [-0.05, 0) is 23.6 Å². The largest absolute Gasteiger partial charge is 0.490 e. The fraction of sp³-hybridized carbons (Fsp3) is 0.556. The maximum atomic E-state index is 11.8. The normalized spacial score (nSPS) is 16.0. The number of ether oxygens (including phenoxy) is 2. The summed E-state index contributed by atoms with van der Waals surface area (Å²) in [5.41, 5.74) is 0.977. The maximum Gasteiger partial charge on any atom is 0.396 e. The van der Waals surface area contributed by atoms with Gasteiger partial charge in [-0.2, -0.15) is 0 Å². The molecular weight excluding hydrogens is 330 g/mol. The summed E-state index contributed by atoms with van der Waals surface area (Å²) < 4.78 is 10.6. The van der Waals surface area contributed by atoms with Crippen molar-refractivity contribution in [3.05, 3.63) is 28.8 Å². The lowest BCUT2D eigenvalue weighted by Gasteiger charge is -2.33. The van der Waals surface area contributed by atoms with Crippen molar-refractivity contribution in [2.75, 3.05) is 20.2 Å². The Morgan fingerprint density at radius 1 is 1.21 bits per heavy atom. The number of carbonyl (C=O) groups is 2. The molecule has 2 rings (SSSR count). The second kappa shape index (κ2) is 7.43. The molecular formula is C18H24ClNO4. The van der Waals surface area contributed by atoms with Crippen LogP contribution in [0.5, 0.6) is 5.75 Å². The summed E-state index contributed by atoms with van der Waals surface area (Å²) in [6.07, 6.45) is 1.36. The smallest absolute Gasteiger partial charge is 0.396 e. The molecule has 6 heteroatoms. The molecule has 0 radical (unpaired) electrons. The van der Waals surface area contributed by atoms with Crippen LogP contribution >= 0.6 is 11.6 Å². The molecule has 1 aromatic carbocycles. The number of benzene rings is 1. The highest BCUT2D eigenvalue weighted by Gasteiger charge is 2.29. The van der Waals surface area contributed by atoms with Gasteiger partial charge in [-0.15, -0.1) is 0 Å². The van der Waals surface area contributed by atoms with Crippen molar-refractivity contribution in [2.24, 2.45) is 0 Å². The van der Waals surface area contributed by atoms with Gasteiger partial charge in [-0.1, -0.05) is 32.4 Å². The van der Waals surface area contributed by atoms with Gasteiger partial charge in [-0.3, -0.25) is 4.79 Å². The lowest BCUT2D eigenvalue weighted by molar-refractivity contribution is -0.159. The zero-order valence-corrected chi connectivity index (χ0v) is 15.4. The summed E-state index contributed by atoms with van der Waals surface area (Å²) in [7, 11) is 1.21. The SMILES string of the molecule is COC(=O)C(=O)N1CCC(Oc2ccc(Cl)cc2C(C)(C)C)CC1. The molecule has 0 aliphatic carbocycles. The van der Waals surface area contributed by atoms with E-state index in [4.69, 9.17) is 16.3 Å². The maximum absolute atomic E-state index is 11.8. The van der Waals surface area contributed by atoms with Crippen molar-refractivity contribution in [3.8, 4) is 5.75 Å². The Morgan fingerprint density at radius 2 is 1.83 bits per heavy atom. The fourth-order valence-electron chi connectivity index (χ4n) is 2.76. The molecule has 0 N–H and O–H groups in total. The number of carbonyl (C=O) groups excluding carboxylic acids is 2. The number of likely N-dealkylation sites (tertiary alicyclic amines) is 1. The van der Waals surface area contributed by atoms with Crippen molar-refractivity contribution < 1.29 is 19.1 Å². The van der Waals surface area contributed by atoms with Crippen molar-refractivity contribution in [1.29, 1.82) is 0 Å². The van der Waals surface area contributed by atoms with Crippen LogP contribution in [0.1, 0.15) is 39.2 Å². The number of hydrogen-bond donors (Lipinski definition) is 0. The molecule has 0 aromatic heterocycles. The van der Waals surface area contributed by atoms with E-state index in [-0.39, 0.29) is 11.5 Å². The number of halogens is 1. The Balaban J connectivity index is 2.02. The molecule has 0 spiro atoms. The molecule has 1 aliphatic heterocycles. The van der Waals surface area contributed by atoms with Crippen LogP contribution in [0.25, 0.3) is 0 Å². The quantitative estimate of drug-likeness (QED) is 0.605. The predicted octanol–water partition coefficient (Wildman–Crippen LogP) is 3.18. The highest BCUT2D eigenvalue weighted by molar-refractivity contribution is 6.32. The molecule has 1 aliphatic rings. The summed E-state index contributed by atoms with van der Waals surface area (Å²) in [5.74, 6) is -0.579. The van der Waals surface area contributed by atoms with E-state index in [1.54, 1.807) is 0 Å². The third kappa shape index (κ3) is 4.41. The number of methoxy groups -OCH3 is 1. The van der Waals surface area contributed by atoms with Gasteiger partial charge in [0.2, 0.25) is 0 Å². The summed E-state index contributed by atoms with van der Waals surface area (Å²) in [6, 6.07) is 5.66. The van der Waals surface area contributed by atoms with Gasteiger partial charge in [0.15, 0.2) is 0 Å². The monoisotopic (exact) mass is 353 g/mol. The molecule has 1 saturated heterocycles. The summed E-state index contributed by atoms with van der Waals surface area (Å²) >= 11 is 6.12. The van der Waals surface area contributed by atoms with E-state index in [1.165, 1.54) is 12.0 Å². The van der Waals surface area contributed by atoms with Crippen molar-refractivity contribution >= 4 is 23.5 Å². The van der Waals surface area contributed by atoms with E-state index < -0.39 is 11.9 Å². The Kier molecular flexibility index (Phi) is 5.75. The van der Waals surface area contributed by atoms with Crippen LogP contribution in [0.2, 0.25) is 5.02 Å². The molecule has 0 bridgehead atoms. The second-order valence-electron chi connectivity index (χ2n) is 6.99. The van der Waals surface area contributed by atoms with Crippen LogP contribution < -0.4 is 4.74 Å². The van der Waals surface area contributed by atoms with E-state index in [0.717, 1.165) is 11.3 Å². The molecule has 5 nitrogen and oxygen atoms in total. The highest BCUT2D eigenvalue weighted by atomic mass is 35.5. The van der Waals surface area contributed by atoms with Gasteiger partial charge in [0.25, 0.3) is 0 Å². The number of piperidine rings is 1. The van der Waals surface area contributed by atoms with Gasteiger partial charge in [0, 0.05) is 36.5 Å². The molecule has 24 heavy (non-hydrogen) atoms. The van der Waals surface area contributed by atoms with E-state index in [0.29, 0.717) is 31.0 Å². The minimum Gasteiger partial charge on any atom is -0.490 e. The number of hydrogen-bond acceptors (Lipinski definition) is 4. The average Bonchev–Trinajstić information content (AvgIpc) is 2.55. The third-order valence-electron chi connectivity index (χ3n) is 4.13. The number of rotatable bonds is 2. The van der Waals surface area contributed by atoms with Crippen LogP contribution in [0, 0.1) is 0 Å². The Hall–Kier alpha value is -1.75. The molecule has 1 heterocycles. The minimum absolute atomic E-state index is 0.00831. The van der Waals surface area contributed by atoms with Gasteiger partial charge in [-0.25, -0.2) is 4.79 Å². The van der Waals surface area contributed by atoms with Crippen LogP contribution in [0.4, 0.5) is 0 Å². The van der Waals surface area contributed by atoms with E-state index >= 15 is 0 Å². The van der Waals surface area contributed by atoms with Gasteiger partial charge in [0.05, 0.1) is 7.11 Å². The van der Waals surface area contributed by atoms with Crippen LogP contribution in [-0.4, -0.2) is 43.1 Å². The van der Waals surface area contributed by atoms with Crippen LogP contribution in [-0.2, 0) is 19.7 Å². The topological polar surface area (TPSA) is 55.8 Å². The lowest BCUT2D eigenvalue weighted by Crippen LogP contribution is -2.45. The zero-order valence-electron chi connectivity index (χ0n) is 14.6. The molecule has 1 aromatic rings. The van der Waals surface area contributed by atoms with Gasteiger partial charge in [0.1, 0.15) is 11.9 Å². The van der Waals surface area contributed by atoms with Gasteiger partial charge < -0.3 is 14.4 Å². The van der Waals surface area contributed by atoms with Gasteiger partial charge >= 0.3 is 11.9 Å². The zero-order chi connectivity index (χ0) is 17.9. The van der Waals surface area contributed by atoms with Crippen molar-refractivity contribution in [3.63, 3.8) is 0 Å². The summed E-state index contributed by atoms with van der Waals surface area (Å²) in [6.45, 7) is 7.31.